The molecule has 1 amide bonds. The number of carbonyl (C=O) groups is 1. The van der Waals surface area contributed by atoms with Crippen LogP contribution in [0.2, 0.25) is 10.0 Å². The second kappa shape index (κ2) is 8.62. The number of benzene rings is 1. The Morgan fingerprint density at radius 3 is 2.43 bits per heavy atom. The lowest BCUT2D eigenvalue weighted by molar-refractivity contribution is -0.121. The molecule has 0 aliphatic heterocycles. The Hall–Kier alpha value is -0.770. The summed E-state index contributed by atoms with van der Waals surface area (Å²) < 4.78 is 0. The Bertz CT molecular complexity index is 473. The summed E-state index contributed by atoms with van der Waals surface area (Å²) in [5, 5.41) is 13.1. The van der Waals surface area contributed by atoms with Crippen LogP contribution in [0.25, 0.3) is 0 Å². The molecule has 0 spiro atoms. The summed E-state index contributed by atoms with van der Waals surface area (Å²) in [6.45, 7) is 4.90. The number of carbonyl (C=O) groups excluding carboxylic acids is 1. The molecule has 0 atom stereocenters. The first-order chi connectivity index (χ1) is 9.96. The van der Waals surface area contributed by atoms with Crippen LogP contribution in [-0.4, -0.2) is 24.2 Å². The first kappa shape index (κ1) is 18.3. The van der Waals surface area contributed by atoms with E-state index in [9.17, 15) is 9.90 Å². The van der Waals surface area contributed by atoms with E-state index >= 15 is 0 Å². The highest BCUT2D eigenvalue weighted by Gasteiger charge is 2.26. The normalized spacial score (nSPS) is 11.5. The van der Waals surface area contributed by atoms with Crippen molar-refractivity contribution in [2.24, 2.45) is 5.41 Å². The molecule has 0 saturated heterocycles. The second-order valence-electron chi connectivity index (χ2n) is 5.38. The van der Waals surface area contributed by atoms with Gasteiger partial charge in [-0.25, -0.2) is 0 Å². The van der Waals surface area contributed by atoms with Crippen LogP contribution in [0.5, 0.6) is 0 Å². The molecule has 0 radical (unpaired) electrons. The van der Waals surface area contributed by atoms with Gasteiger partial charge in [0, 0.05) is 13.2 Å². The van der Waals surface area contributed by atoms with Gasteiger partial charge in [-0.2, -0.15) is 0 Å². The summed E-state index contributed by atoms with van der Waals surface area (Å²) >= 11 is 11.8. The highest BCUT2D eigenvalue weighted by molar-refractivity contribution is 6.42. The van der Waals surface area contributed by atoms with E-state index in [1.54, 1.807) is 18.2 Å². The second-order valence-corrected chi connectivity index (χ2v) is 6.20. The van der Waals surface area contributed by atoms with Gasteiger partial charge in [0.15, 0.2) is 0 Å². The van der Waals surface area contributed by atoms with Gasteiger partial charge >= 0.3 is 0 Å². The molecule has 0 aliphatic rings. The van der Waals surface area contributed by atoms with E-state index in [0.717, 1.165) is 18.4 Å². The van der Waals surface area contributed by atoms with Gasteiger partial charge in [-0.1, -0.05) is 43.1 Å². The smallest absolute Gasteiger partial charge is 0.224 e. The van der Waals surface area contributed by atoms with Gasteiger partial charge in [0.1, 0.15) is 0 Å². The van der Waals surface area contributed by atoms with Crippen LogP contribution in [0.1, 0.15) is 38.7 Å². The predicted octanol–water partition coefficient (Wildman–Crippen LogP) is 3.84. The first-order valence-electron chi connectivity index (χ1n) is 7.28. The Morgan fingerprint density at radius 2 is 1.90 bits per heavy atom. The molecule has 0 fully saturated rings. The van der Waals surface area contributed by atoms with Crippen molar-refractivity contribution in [2.75, 3.05) is 13.2 Å². The minimum Gasteiger partial charge on any atom is -0.396 e. The number of nitrogens with one attached hydrogen (secondary N) is 1. The molecule has 1 rings (SSSR count). The summed E-state index contributed by atoms with van der Waals surface area (Å²) in [5.74, 6) is -0.0439. The van der Waals surface area contributed by atoms with Gasteiger partial charge in [0.05, 0.1) is 16.5 Å². The third-order valence-electron chi connectivity index (χ3n) is 4.15. The van der Waals surface area contributed by atoms with E-state index in [4.69, 9.17) is 23.2 Å². The van der Waals surface area contributed by atoms with Gasteiger partial charge in [-0.15, -0.1) is 0 Å². The molecule has 0 aliphatic carbocycles. The molecular weight excluding hydrogens is 309 g/mol. The molecule has 0 heterocycles. The molecule has 0 unspecified atom stereocenters. The molecule has 0 bridgehead atoms. The topological polar surface area (TPSA) is 49.3 Å². The molecule has 2 N–H and O–H groups in total. The van der Waals surface area contributed by atoms with Crippen LogP contribution in [-0.2, 0) is 11.2 Å². The van der Waals surface area contributed by atoms with Crippen molar-refractivity contribution in [1.29, 1.82) is 0 Å². The maximum Gasteiger partial charge on any atom is 0.224 e. The third kappa shape index (κ3) is 5.50. The van der Waals surface area contributed by atoms with Crippen LogP contribution in [0.15, 0.2) is 18.2 Å². The lowest BCUT2D eigenvalue weighted by Crippen LogP contribution is -2.38. The minimum atomic E-state index is -0.0439. The average molecular weight is 332 g/mol. The predicted molar refractivity (Wildman–Crippen MR) is 87.9 cm³/mol. The standard InChI is InChI=1S/C16H23Cl2NO2/c1-3-16(4-2,7-8-20)11-19-15(21)10-12-5-6-13(17)14(18)9-12/h5-6,9,20H,3-4,7-8,10-11H2,1-2H3,(H,19,21). The van der Waals surface area contributed by atoms with Gasteiger partial charge in [0.25, 0.3) is 0 Å². The fourth-order valence-corrected chi connectivity index (χ4v) is 2.68. The number of halogens is 2. The molecule has 1 aromatic carbocycles. The molecule has 21 heavy (non-hydrogen) atoms. The van der Waals surface area contributed by atoms with E-state index in [1.165, 1.54) is 0 Å². The van der Waals surface area contributed by atoms with Crippen molar-refractivity contribution in [3.63, 3.8) is 0 Å². The number of amides is 1. The molecule has 1 aromatic rings. The van der Waals surface area contributed by atoms with Crippen LogP contribution in [0.3, 0.4) is 0 Å². The fourth-order valence-electron chi connectivity index (χ4n) is 2.36. The van der Waals surface area contributed by atoms with Crippen LogP contribution >= 0.6 is 23.2 Å². The molecule has 5 heteroatoms. The van der Waals surface area contributed by atoms with Crippen molar-refractivity contribution in [2.45, 2.75) is 39.5 Å². The quantitative estimate of drug-likeness (QED) is 0.760. The third-order valence-corrected chi connectivity index (χ3v) is 4.89. The van der Waals surface area contributed by atoms with Crippen LogP contribution in [0, 0.1) is 5.41 Å². The molecular formula is C16H23Cl2NO2. The summed E-state index contributed by atoms with van der Waals surface area (Å²) in [6, 6.07) is 5.21. The van der Waals surface area contributed by atoms with Crippen LogP contribution < -0.4 is 5.32 Å². The Balaban J connectivity index is 2.58. The van der Waals surface area contributed by atoms with E-state index in [-0.39, 0.29) is 24.3 Å². The van der Waals surface area contributed by atoms with Gasteiger partial charge in [0.2, 0.25) is 5.91 Å². The SMILES string of the molecule is CCC(CC)(CCO)CNC(=O)Cc1ccc(Cl)c(Cl)c1. The Kier molecular flexibility index (Phi) is 7.50. The number of aliphatic hydroxyl groups is 1. The highest BCUT2D eigenvalue weighted by Crippen LogP contribution is 2.29. The van der Waals surface area contributed by atoms with Crippen molar-refractivity contribution in [1.82, 2.24) is 5.32 Å². The maximum atomic E-state index is 12.0. The number of aliphatic hydroxyl groups excluding tert-OH is 1. The number of rotatable bonds is 8. The largest absolute Gasteiger partial charge is 0.396 e. The summed E-state index contributed by atoms with van der Waals surface area (Å²) in [7, 11) is 0. The van der Waals surface area contributed by atoms with Crippen molar-refractivity contribution in [3.05, 3.63) is 33.8 Å². The first-order valence-corrected chi connectivity index (χ1v) is 8.03. The lowest BCUT2D eigenvalue weighted by atomic mass is 9.79. The number of hydrogen-bond acceptors (Lipinski definition) is 2. The molecule has 118 valence electrons. The number of hydrogen-bond donors (Lipinski definition) is 2. The zero-order chi connectivity index (χ0) is 15.9. The minimum absolute atomic E-state index is 0.0257. The zero-order valence-electron chi connectivity index (χ0n) is 12.6. The maximum absolute atomic E-state index is 12.0. The van der Waals surface area contributed by atoms with Crippen molar-refractivity contribution < 1.29 is 9.90 Å². The molecule has 3 nitrogen and oxygen atoms in total. The van der Waals surface area contributed by atoms with Gasteiger partial charge in [-0.3, -0.25) is 4.79 Å². The fraction of sp³-hybridized carbons (Fsp3) is 0.562. The van der Waals surface area contributed by atoms with E-state index < -0.39 is 0 Å². The summed E-state index contributed by atoms with van der Waals surface area (Å²) in [6.07, 6.45) is 2.83. The molecule has 0 aromatic heterocycles. The zero-order valence-corrected chi connectivity index (χ0v) is 14.1. The van der Waals surface area contributed by atoms with Gasteiger partial charge < -0.3 is 10.4 Å². The summed E-state index contributed by atoms with van der Waals surface area (Å²) in [5.41, 5.74) is 0.810. The highest BCUT2D eigenvalue weighted by atomic mass is 35.5. The molecule has 0 saturated carbocycles. The van der Waals surface area contributed by atoms with Gasteiger partial charge in [-0.05, 0) is 42.4 Å². The van der Waals surface area contributed by atoms with E-state index in [0.29, 0.717) is 23.0 Å². The average Bonchev–Trinajstić information content (AvgIpc) is 2.47. The Labute approximate surface area is 136 Å². The summed E-state index contributed by atoms with van der Waals surface area (Å²) in [4.78, 5) is 12.0. The van der Waals surface area contributed by atoms with Crippen molar-refractivity contribution in [3.8, 4) is 0 Å². The monoisotopic (exact) mass is 331 g/mol. The van der Waals surface area contributed by atoms with Crippen molar-refractivity contribution >= 4 is 29.1 Å². The van der Waals surface area contributed by atoms with E-state index in [2.05, 4.69) is 19.2 Å². The Morgan fingerprint density at radius 1 is 1.24 bits per heavy atom. The lowest BCUT2D eigenvalue weighted by Gasteiger charge is -2.31. The van der Waals surface area contributed by atoms with Crippen LogP contribution in [0.4, 0.5) is 0 Å². The van der Waals surface area contributed by atoms with E-state index in [1.807, 2.05) is 0 Å².